The Hall–Kier alpha value is -3.18. The summed E-state index contributed by atoms with van der Waals surface area (Å²) in [6, 6.07) is 10.5. The number of alkyl halides is 3. The van der Waals surface area contributed by atoms with Crippen molar-refractivity contribution in [2.24, 2.45) is 0 Å². The number of anilines is 1. The first kappa shape index (κ1) is 22.0. The van der Waals surface area contributed by atoms with Crippen LogP contribution >= 0.6 is 0 Å². The molecular formula is C21H19F3N4O3S. The van der Waals surface area contributed by atoms with Crippen molar-refractivity contribution >= 4 is 21.6 Å². The molecule has 1 fully saturated rings. The average Bonchev–Trinajstić information content (AvgIpc) is 3.46. The fourth-order valence-electron chi connectivity index (χ4n) is 3.56. The summed E-state index contributed by atoms with van der Waals surface area (Å²) in [6.45, 7) is 0.950. The van der Waals surface area contributed by atoms with Gasteiger partial charge in [0.25, 0.3) is 5.91 Å². The summed E-state index contributed by atoms with van der Waals surface area (Å²) in [7, 11) is -3.59. The van der Waals surface area contributed by atoms with Gasteiger partial charge in [-0.3, -0.25) is 9.36 Å². The van der Waals surface area contributed by atoms with E-state index in [4.69, 9.17) is 0 Å². The van der Waals surface area contributed by atoms with Crippen LogP contribution in [0.5, 0.6) is 0 Å². The van der Waals surface area contributed by atoms with E-state index in [1.807, 2.05) is 0 Å². The van der Waals surface area contributed by atoms with Gasteiger partial charge in [-0.15, -0.1) is 0 Å². The third kappa shape index (κ3) is 4.26. The monoisotopic (exact) mass is 464 g/mol. The number of sulfonamides is 1. The van der Waals surface area contributed by atoms with Gasteiger partial charge in [-0.05, 0) is 49.2 Å². The molecule has 1 aliphatic heterocycles. The van der Waals surface area contributed by atoms with E-state index in [2.05, 4.69) is 10.3 Å². The van der Waals surface area contributed by atoms with E-state index in [0.717, 1.165) is 23.5 Å². The maximum Gasteiger partial charge on any atom is 0.418 e. The molecule has 7 nitrogen and oxygen atoms in total. The molecule has 1 aromatic heterocycles. The van der Waals surface area contributed by atoms with Crippen molar-refractivity contribution in [1.29, 1.82) is 0 Å². The lowest BCUT2D eigenvalue weighted by molar-refractivity contribution is -0.137. The molecule has 1 amide bonds. The van der Waals surface area contributed by atoms with Crippen LogP contribution in [0.25, 0.3) is 5.69 Å². The van der Waals surface area contributed by atoms with Crippen LogP contribution in [0, 0.1) is 0 Å². The Balaban J connectivity index is 1.56. The van der Waals surface area contributed by atoms with Gasteiger partial charge in [-0.1, -0.05) is 12.1 Å². The van der Waals surface area contributed by atoms with Gasteiger partial charge in [0.05, 0.1) is 16.1 Å². The molecule has 11 heteroatoms. The molecule has 2 heterocycles. The smallest absolute Gasteiger partial charge is 0.319 e. The van der Waals surface area contributed by atoms with E-state index in [1.54, 1.807) is 0 Å². The van der Waals surface area contributed by atoms with Crippen molar-refractivity contribution in [3.63, 3.8) is 0 Å². The lowest BCUT2D eigenvalue weighted by Crippen LogP contribution is -2.27. The Labute approximate surface area is 182 Å². The molecule has 0 spiro atoms. The number of nitrogens with zero attached hydrogens (tertiary/aromatic N) is 3. The van der Waals surface area contributed by atoms with Crippen LogP contribution in [-0.4, -0.2) is 41.3 Å². The minimum atomic E-state index is -4.61. The zero-order chi connectivity index (χ0) is 22.9. The summed E-state index contributed by atoms with van der Waals surface area (Å²) < 4.78 is 67.8. The number of amides is 1. The predicted octanol–water partition coefficient (Wildman–Crippen LogP) is 3.93. The molecule has 32 heavy (non-hydrogen) atoms. The highest BCUT2D eigenvalue weighted by atomic mass is 32.2. The molecule has 4 rings (SSSR count). The topological polar surface area (TPSA) is 84.3 Å². The third-order valence-corrected chi connectivity index (χ3v) is 7.04. The van der Waals surface area contributed by atoms with E-state index >= 15 is 0 Å². The minimum Gasteiger partial charge on any atom is -0.319 e. The Morgan fingerprint density at radius 2 is 1.66 bits per heavy atom. The highest BCUT2D eigenvalue weighted by molar-refractivity contribution is 7.89. The SMILES string of the molecule is O=C(Nc1ccc(S(=O)(=O)N2CCCC2)cc1)c1nccn1-c1ccccc1C(F)(F)F. The van der Waals surface area contributed by atoms with Crippen LogP contribution in [0.15, 0.2) is 65.8 Å². The average molecular weight is 464 g/mol. The molecule has 0 aliphatic carbocycles. The lowest BCUT2D eigenvalue weighted by Gasteiger charge is -2.16. The lowest BCUT2D eigenvalue weighted by atomic mass is 10.1. The van der Waals surface area contributed by atoms with E-state index in [9.17, 15) is 26.4 Å². The molecule has 168 valence electrons. The van der Waals surface area contributed by atoms with Gasteiger partial charge in [0.2, 0.25) is 15.8 Å². The zero-order valence-corrected chi connectivity index (χ0v) is 17.5. The number of hydrogen-bond donors (Lipinski definition) is 1. The summed E-state index contributed by atoms with van der Waals surface area (Å²) in [5.41, 5.74) is -0.841. The van der Waals surface area contributed by atoms with Crippen molar-refractivity contribution in [3.8, 4) is 5.69 Å². The van der Waals surface area contributed by atoms with Gasteiger partial charge < -0.3 is 5.32 Å². The first-order chi connectivity index (χ1) is 15.2. The number of imidazole rings is 1. The van der Waals surface area contributed by atoms with Crippen LogP contribution in [0.4, 0.5) is 18.9 Å². The Morgan fingerprint density at radius 1 is 1.00 bits per heavy atom. The summed E-state index contributed by atoms with van der Waals surface area (Å²) in [6.07, 6.45) is -0.473. The number of aromatic nitrogens is 2. The number of rotatable bonds is 5. The summed E-state index contributed by atoms with van der Waals surface area (Å²) in [4.78, 5) is 16.7. The number of nitrogens with one attached hydrogen (secondary N) is 1. The van der Waals surface area contributed by atoms with Gasteiger partial charge in [0.15, 0.2) is 0 Å². The van der Waals surface area contributed by atoms with Crippen molar-refractivity contribution < 1.29 is 26.4 Å². The summed E-state index contributed by atoms with van der Waals surface area (Å²) in [5, 5.41) is 2.55. The second kappa shape index (κ2) is 8.40. The van der Waals surface area contributed by atoms with Crippen molar-refractivity contribution in [1.82, 2.24) is 13.9 Å². The quantitative estimate of drug-likeness (QED) is 0.620. The Bertz CT molecular complexity index is 1230. The second-order valence-corrected chi connectivity index (χ2v) is 9.16. The molecule has 0 saturated carbocycles. The molecule has 1 aliphatic rings. The molecule has 1 N–H and O–H groups in total. The van der Waals surface area contributed by atoms with Crippen LogP contribution < -0.4 is 5.32 Å². The molecule has 0 bridgehead atoms. The molecule has 2 aromatic carbocycles. The highest BCUT2D eigenvalue weighted by Gasteiger charge is 2.34. The van der Waals surface area contributed by atoms with Crippen molar-refractivity contribution in [3.05, 3.63) is 72.3 Å². The van der Waals surface area contributed by atoms with E-state index in [-0.39, 0.29) is 22.1 Å². The number of benzene rings is 2. The first-order valence-corrected chi connectivity index (χ1v) is 11.2. The second-order valence-electron chi connectivity index (χ2n) is 7.23. The third-order valence-electron chi connectivity index (χ3n) is 5.13. The maximum atomic E-state index is 13.4. The summed E-state index contributed by atoms with van der Waals surface area (Å²) >= 11 is 0. The number of para-hydroxylation sites is 1. The van der Waals surface area contributed by atoms with Gasteiger partial charge >= 0.3 is 6.18 Å². The fourth-order valence-corrected chi connectivity index (χ4v) is 5.08. The van der Waals surface area contributed by atoms with Crippen LogP contribution in [0.2, 0.25) is 0 Å². The van der Waals surface area contributed by atoms with Gasteiger partial charge in [-0.25, -0.2) is 13.4 Å². The number of halogens is 3. The Morgan fingerprint density at radius 3 is 2.31 bits per heavy atom. The van der Waals surface area contributed by atoms with E-state index in [1.165, 1.54) is 59.2 Å². The molecule has 0 atom stereocenters. The summed E-state index contributed by atoms with van der Waals surface area (Å²) in [5.74, 6) is -0.974. The van der Waals surface area contributed by atoms with E-state index < -0.39 is 27.7 Å². The van der Waals surface area contributed by atoms with Gasteiger partial charge in [0, 0.05) is 31.2 Å². The fraction of sp³-hybridized carbons (Fsp3) is 0.238. The molecule has 0 radical (unpaired) electrons. The van der Waals surface area contributed by atoms with Crippen LogP contribution in [0.3, 0.4) is 0 Å². The first-order valence-electron chi connectivity index (χ1n) is 9.79. The molecule has 1 saturated heterocycles. The number of hydrogen-bond acceptors (Lipinski definition) is 4. The number of carbonyl (C=O) groups excluding carboxylic acids is 1. The standard InChI is InChI=1S/C21H19F3N4O3S/c22-21(23,24)17-5-1-2-6-18(17)28-14-11-25-19(28)20(29)26-15-7-9-16(10-8-15)32(30,31)27-12-3-4-13-27/h1-2,5-11,14H,3-4,12-13H2,(H,26,29). The van der Waals surface area contributed by atoms with Crippen molar-refractivity contribution in [2.45, 2.75) is 23.9 Å². The molecule has 3 aromatic rings. The van der Waals surface area contributed by atoms with Crippen LogP contribution in [-0.2, 0) is 16.2 Å². The molecule has 0 unspecified atom stereocenters. The highest BCUT2D eigenvalue weighted by Crippen LogP contribution is 2.34. The van der Waals surface area contributed by atoms with E-state index in [0.29, 0.717) is 13.1 Å². The van der Waals surface area contributed by atoms with Crippen LogP contribution in [0.1, 0.15) is 29.0 Å². The Kier molecular flexibility index (Phi) is 5.78. The number of carbonyl (C=O) groups is 1. The van der Waals surface area contributed by atoms with Gasteiger partial charge in [-0.2, -0.15) is 17.5 Å². The van der Waals surface area contributed by atoms with Gasteiger partial charge in [0.1, 0.15) is 0 Å². The van der Waals surface area contributed by atoms with Crippen molar-refractivity contribution in [2.75, 3.05) is 18.4 Å². The predicted molar refractivity (Wildman–Crippen MR) is 111 cm³/mol. The zero-order valence-electron chi connectivity index (χ0n) is 16.7. The molecular weight excluding hydrogens is 445 g/mol. The maximum absolute atomic E-state index is 13.4. The normalized spacial score (nSPS) is 15.1. The minimum absolute atomic E-state index is 0.109. The largest absolute Gasteiger partial charge is 0.418 e.